The lowest BCUT2D eigenvalue weighted by Crippen LogP contribution is -2.51. The minimum atomic E-state index is -0.183. The van der Waals surface area contributed by atoms with Gasteiger partial charge in [-0.05, 0) is 32.6 Å². The summed E-state index contributed by atoms with van der Waals surface area (Å²) < 4.78 is 0. The maximum Gasteiger partial charge on any atom is 0.315 e. The molecule has 0 aromatic rings. The van der Waals surface area contributed by atoms with Gasteiger partial charge in [-0.25, -0.2) is 4.79 Å². The lowest BCUT2D eigenvalue weighted by atomic mass is 9.92. The Hall–Kier alpha value is -0.810. The molecule has 116 valence electrons. The Morgan fingerprint density at radius 2 is 1.85 bits per heavy atom. The number of aliphatic hydroxyl groups is 1. The van der Waals surface area contributed by atoms with Crippen molar-refractivity contribution in [2.75, 3.05) is 19.7 Å². The molecule has 1 aliphatic carbocycles. The van der Waals surface area contributed by atoms with E-state index in [1.165, 1.54) is 32.1 Å². The molecular weight excluding hydrogens is 254 g/mol. The zero-order chi connectivity index (χ0) is 14.4. The number of carbonyl (C=O) groups excluding carboxylic acids is 1. The summed E-state index contributed by atoms with van der Waals surface area (Å²) >= 11 is 0. The predicted molar refractivity (Wildman–Crippen MR) is 79.7 cm³/mol. The molecule has 0 spiro atoms. The summed E-state index contributed by atoms with van der Waals surface area (Å²) in [5.41, 5.74) is 0. The molecule has 0 bridgehead atoms. The maximum absolute atomic E-state index is 11.7. The van der Waals surface area contributed by atoms with E-state index in [-0.39, 0.29) is 24.7 Å². The fourth-order valence-corrected chi connectivity index (χ4v) is 3.35. The summed E-state index contributed by atoms with van der Waals surface area (Å²) in [6, 6.07) is 0.730. The highest BCUT2D eigenvalue weighted by Gasteiger charge is 2.26. The van der Waals surface area contributed by atoms with E-state index in [2.05, 4.69) is 15.5 Å². The number of nitrogens with one attached hydrogen (secondary N) is 2. The first-order valence-corrected chi connectivity index (χ1v) is 8.11. The fourth-order valence-electron chi connectivity index (χ4n) is 3.35. The molecule has 20 heavy (non-hydrogen) atoms. The molecule has 2 amide bonds. The second kappa shape index (κ2) is 7.84. The van der Waals surface area contributed by atoms with Crippen LogP contribution in [0, 0.1) is 0 Å². The Bertz CT molecular complexity index is 297. The lowest BCUT2D eigenvalue weighted by Gasteiger charge is -2.39. The van der Waals surface area contributed by atoms with Gasteiger partial charge in [0.2, 0.25) is 0 Å². The minimum absolute atomic E-state index is 0.0203. The Kier molecular flexibility index (Phi) is 6.10. The summed E-state index contributed by atoms with van der Waals surface area (Å²) in [4.78, 5) is 14.3. The van der Waals surface area contributed by atoms with E-state index in [1.54, 1.807) is 6.92 Å². The Morgan fingerprint density at radius 1 is 1.20 bits per heavy atom. The molecular formula is C15H29N3O2. The average molecular weight is 283 g/mol. The van der Waals surface area contributed by atoms with Crippen molar-refractivity contribution < 1.29 is 9.90 Å². The number of likely N-dealkylation sites (tertiary alicyclic amines) is 1. The van der Waals surface area contributed by atoms with Gasteiger partial charge in [0.25, 0.3) is 0 Å². The van der Waals surface area contributed by atoms with Gasteiger partial charge in [0.1, 0.15) is 0 Å². The molecule has 5 nitrogen and oxygen atoms in total. The van der Waals surface area contributed by atoms with E-state index in [0.717, 1.165) is 32.0 Å². The first kappa shape index (κ1) is 15.6. The third-order valence-electron chi connectivity index (χ3n) is 4.61. The second-order valence-electron chi connectivity index (χ2n) is 6.30. The zero-order valence-electron chi connectivity index (χ0n) is 12.6. The van der Waals surface area contributed by atoms with Crippen LogP contribution in [0.1, 0.15) is 51.9 Å². The number of nitrogens with zero attached hydrogens (tertiary/aromatic N) is 1. The molecule has 0 radical (unpaired) electrons. The van der Waals surface area contributed by atoms with Crippen molar-refractivity contribution in [1.29, 1.82) is 0 Å². The van der Waals surface area contributed by atoms with E-state index < -0.39 is 0 Å². The standard InChI is InChI=1S/C15H29N3O2/c1-12(11-19)16-15(20)17-13-7-9-18(10-8-13)14-5-3-2-4-6-14/h12-14,19H,2-11H2,1H3,(H2,16,17,20). The number of carbonyl (C=O) groups is 1. The molecule has 1 atom stereocenters. The third kappa shape index (κ3) is 4.63. The topological polar surface area (TPSA) is 64.6 Å². The van der Waals surface area contributed by atoms with Crippen molar-refractivity contribution in [2.45, 2.75) is 70.0 Å². The predicted octanol–water partition coefficient (Wildman–Crippen LogP) is 1.46. The molecule has 3 N–H and O–H groups in total. The number of piperidine rings is 1. The summed E-state index contributed by atoms with van der Waals surface area (Å²) in [7, 11) is 0. The van der Waals surface area contributed by atoms with Gasteiger partial charge in [-0.15, -0.1) is 0 Å². The molecule has 0 aromatic heterocycles. The lowest BCUT2D eigenvalue weighted by molar-refractivity contribution is 0.116. The average Bonchev–Trinajstić information content (AvgIpc) is 2.48. The molecule has 5 heteroatoms. The molecule has 1 aliphatic heterocycles. The third-order valence-corrected chi connectivity index (χ3v) is 4.61. The first-order valence-electron chi connectivity index (χ1n) is 8.11. The van der Waals surface area contributed by atoms with Crippen LogP contribution in [0.4, 0.5) is 4.79 Å². The van der Waals surface area contributed by atoms with Crippen molar-refractivity contribution >= 4 is 6.03 Å². The highest BCUT2D eigenvalue weighted by atomic mass is 16.3. The van der Waals surface area contributed by atoms with Crippen molar-refractivity contribution in [3.8, 4) is 0 Å². The van der Waals surface area contributed by atoms with E-state index in [9.17, 15) is 4.79 Å². The second-order valence-corrected chi connectivity index (χ2v) is 6.30. The quantitative estimate of drug-likeness (QED) is 0.732. The molecule has 1 saturated heterocycles. The minimum Gasteiger partial charge on any atom is -0.394 e. The zero-order valence-corrected chi connectivity index (χ0v) is 12.6. The van der Waals surface area contributed by atoms with Gasteiger partial charge in [-0.1, -0.05) is 19.3 Å². The number of aliphatic hydroxyl groups excluding tert-OH is 1. The molecule has 1 saturated carbocycles. The first-order chi connectivity index (χ1) is 9.69. The molecule has 2 fully saturated rings. The molecule has 0 aromatic carbocycles. The largest absolute Gasteiger partial charge is 0.394 e. The van der Waals surface area contributed by atoms with Crippen LogP contribution in [0.15, 0.2) is 0 Å². The van der Waals surface area contributed by atoms with Gasteiger partial charge in [0.15, 0.2) is 0 Å². The van der Waals surface area contributed by atoms with Gasteiger partial charge < -0.3 is 20.6 Å². The van der Waals surface area contributed by atoms with Crippen LogP contribution in [0.5, 0.6) is 0 Å². The van der Waals surface area contributed by atoms with E-state index in [0.29, 0.717) is 0 Å². The molecule has 2 aliphatic rings. The van der Waals surface area contributed by atoms with Crippen molar-refractivity contribution in [3.63, 3.8) is 0 Å². The summed E-state index contributed by atoms with van der Waals surface area (Å²) in [6.07, 6.45) is 8.94. The van der Waals surface area contributed by atoms with Crippen LogP contribution in [0.2, 0.25) is 0 Å². The molecule has 1 heterocycles. The van der Waals surface area contributed by atoms with Gasteiger partial charge in [-0.2, -0.15) is 0 Å². The van der Waals surface area contributed by atoms with Crippen molar-refractivity contribution in [3.05, 3.63) is 0 Å². The Balaban J connectivity index is 1.67. The van der Waals surface area contributed by atoms with Gasteiger partial charge in [0, 0.05) is 25.2 Å². The van der Waals surface area contributed by atoms with E-state index >= 15 is 0 Å². The summed E-state index contributed by atoms with van der Waals surface area (Å²) in [5.74, 6) is 0. The van der Waals surface area contributed by atoms with Crippen LogP contribution in [-0.4, -0.2) is 53.9 Å². The van der Waals surface area contributed by atoms with Crippen LogP contribution in [-0.2, 0) is 0 Å². The SMILES string of the molecule is CC(CO)NC(=O)NC1CCN(C2CCCCC2)CC1. The smallest absolute Gasteiger partial charge is 0.315 e. The van der Waals surface area contributed by atoms with Crippen LogP contribution in [0.25, 0.3) is 0 Å². The van der Waals surface area contributed by atoms with Crippen molar-refractivity contribution in [2.24, 2.45) is 0 Å². The molecule has 1 unspecified atom stereocenters. The fraction of sp³-hybridized carbons (Fsp3) is 0.933. The number of rotatable bonds is 4. The van der Waals surface area contributed by atoms with Crippen molar-refractivity contribution in [1.82, 2.24) is 15.5 Å². The number of hydrogen-bond acceptors (Lipinski definition) is 3. The number of amides is 2. The summed E-state index contributed by atoms with van der Waals surface area (Å²) in [5, 5.41) is 14.7. The van der Waals surface area contributed by atoms with Gasteiger partial charge in [0.05, 0.1) is 12.6 Å². The molecule has 2 rings (SSSR count). The number of hydrogen-bond donors (Lipinski definition) is 3. The van der Waals surface area contributed by atoms with E-state index in [1.807, 2.05) is 0 Å². The Morgan fingerprint density at radius 3 is 2.45 bits per heavy atom. The highest BCUT2D eigenvalue weighted by molar-refractivity contribution is 5.74. The van der Waals surface area contributed by atoms with E-state index in [4.69, 9.17) is 5.11 Å². The van der Waals surface area contributed by atoms with Crippen LogP contribution < -0.4 is 10.6 Å². The van der Waals surface area contributed by atoms with Crippen LogP contribution in [0.3, 0.4) is 0 Å². The normalized spacial score (nSPS) is 24.3. The Labute approximate surface area is 122 Å². The maximum atomic E-state index is 11.7. The number of urea groups is 1. The summed E-state index contributed by atoms with van der Waals surface area (Å²) in [6.45, 7) is 3.98. The van der Waals surface area contributed by atoms with Crippen LogP contribution >= 0.6 is 0 Å². The highest BCUT2D eigenvalue weighted by Crippen LogP contribution is 2.25. The monoisotopic (exact) mass is 283 g/mol. The van der Waals surface area contributed by atoms with Gasteiger partial charge in [-0.3, -0.25) is 0 Å². The van der Waals surface area contributed by atoms with Gasteiger partial charge >= 0.3 is 6.03 Å².